The molecule has 3 heteroatoms. The van der Waals surface area contributed by atoms with Crippen LogP contribution in [0.2, 0.25) is 0 Å². The molecule has 0 heterocycles. The molecule has 0 fully saturated rings. The van der Waals surface area contributed by atoms with E-state index >= 15 is 0 Å². The summed E-state index contributed by atoms with van der Waals surface area (Å²) in [5.74, 6) is 6.86. The van der Waals surface area contributed by atoms with Gasteiger partial charge in [-0.15, -0.1) is 0 Å². The number of benzene rings is 2. The van der Waals surface area contributed by atoms with Gasteiger partial charge in [0.05, 0.1) is 0 Å². The van der Waals surface area contributed by atoms with E-state index in [1.54, 1.807) is 12.1 Å². The van der Waals surface area contributed by atoms with Crippen molar-refractivity contribution in [1.29, 1.82) is 0 Å². The number of rotatable bonds is 7. The molecule has 0 bridgehead atoms. The summed E-state index contributed by atoms with van der Waals surface area (Å²) >= 11 is 0. The molecule has 0 aliphatic carbocycles. The predicted molar refractivity (Wildman–Crippen MR) is 110 cm³/mol. The van der Waals surface area contributed by atoms with Gasteiger partial charge >= 0.3 is 0 Å². The van der Waals surface area contributed by atoms with E-state index in [4.69, 9.17) is 4.74 Å². The van der Waals surface area contributed by atoms with Crippen LogP contribution in [0.4, 0.5) is 4.39 Å². The van der Waals surface area contributed by atoms with Gasteiger partial charge in [-0.2, -0.15) is 0 Å². The van der Waals surface area contributed by atoms with Gasteiger partial charge in [0.2, 0.25) is 0 Å². The first-order chi connectivity index (χ1) is 12.8. The van der Waals surface area contributed by atoms with Crippen molar-refractivity contribution >= 4 is 0 Å². The highest BCUT2D eigenvalue weighted by Gasteiger charge is 2.03. The lowest BCUT2D eigenvalue weighted by Gasteiger charge is -2.15. The van der Waals surface area contributed by atoms with E-state index in [1.807, 2.05) is 24.3 Å². The van der Waals surface area contributed by atoms with Crippen molar-refractivity contribution in [3.8, 4) is 17.6 Å². The zero-order chi connectivity index (χ0) is 19.7. The van der Waals surface area contributed by atoms with Crippen molar-refractivity contribution in [1.82, 2.24) is 4.90 Å². The average molecular weight is 365 g/mol. The first kappa shape index (κ1) is 20.7. The number of likely N-dealkylation sites (N-methyl/N-ethyl adjacent to an activating group) is 1. The maximum absolute atomic E-state index is 13.0. The highest BCUT2D eigenvalue weighted by Crippen LogP contribution is 2.16. The second-order valence-electron chi connectivity index (χ2n) is 7.68. The lowest BCUT2D eigenvalue weighted by atomic mass is 9.98. The monoisotopic (exact) mass is 365 g/mol. The Morgan fingerprint density at radius 3 is 2.52 bits per heavy atom. The van der Waals surface area contributed by atoms with Crippen LogP contribution in [0.15, 0.2) is 60.7 Å². The van der Waals surface area contributed by atoms with Crippen molar-refractivity contribution < 1.29 is 9.13 Å². The van der Waals surface area contributed by atoms with Gasteiger partial charge in [0.1, 0.15) is 18.2 Å². The van der Waals surface area contributed by atoms with Gasteiger partial charge in [0, 0.05) is 18.5 Å². The Morgan fingerprint density at radius 1 is 1.07 bits per heavy atom. The lowest BCUT2D eigenvalue weighted by Crippen LogP contribution is -2.17. The molecule has 0 spiro atoms. The van der Waals surface area contributed by atoms with Gasteiger partial charge in [-0.25, -0.2) is 4.39 Å². The maximum atomic E-state index is 13.0. The first-order valence-electron chi connectivity index (χ1n) is 9.14. The summed E-state index contributed by atoms with van der Waals surface area (Å²) in [6.45, 7) is 8.39. The number of hydrogen-bond donors (Lipinski definition) is 0. The third-order valence-corrected chi connectivity index (χ3v) is 3.74. The topological polar surface area (TPSA) is 12.5 Å². The van der Waals surface area contributed by atoms with Crippen LogP contribution >= 0.6 is 0 Å². The minimum absolute atomic E-state index is 0.0323. The number of nitrogens with zero attached hydrogens (tertiary/aromatic N) is 1. The van der Waals surface area contributed by atoms with E-state index in [-0.39, 0.29) is 11.2 Å². The van der Waals surface area contributed by atoms with Crippen molar-refractivity contribution in [2.75, 3.05) is 13.6 Å². The average Bonchev–Trinajstić information content (AvgIpc) is 2.60. The Morgan fingerprint density at radius 2 is 1.81 bits per heavy atom. The molecule has 2 aromatic rings. The van der Waals surface area contributed by atoms with E-state index < -0.39 is 0 Å². The fourth-order valence-electron chi connectivity index (χ4n) is 2.41. The van der Waals surface area contributed by atoms with Gasteiger partial charge in [-0.1, -0.05) is 42.2 Å². The van der Waals surface area contributed by atoms with E-state index in [2.05, 4.69) is 56.7 Å². The summed E-state index contributed by atoms with van der Waals surface area (Å²) in [5, 5.41) is 0. The molecule has 0 aromatic heterocycles. The summed E-state index contributed by atoms with van der Waals surface area (Å²) in [7, 11) is 2.08. The van der Waals surface area contributed by atoms with Crippen molar-refractivity contribution in [2.24, 2.45) is 5.41 Å². The third kappa shape index (κ3) is 8.57. The Kier molecular flexibility index (Phi) is 7.64. The largest absolute Gasteiger partial charge is 0.489 e. The highest BCUT2D eigenvalue weighted by atomic mass is 19.1. The molecule has 0 atom stereocenters. The zero-order valence-electron chi connectivity index (χ0n) is 16.6. The first-order valence-corrected chi connectivity index (χ1v) is 9.14. The summed E-state index contributed by atoms with van der Waals surface area (Å²) in [5.41, 5.74) is 2.16. The maximum Gasteiger partial charge on any atom is 0.123 e. The second-order valence-corrected chi connectivity index (χ2v) is 7.68. The third-order valence-electron chi connectivity index (χ3n) is 3.74. The normalized spacial score (nSPS) is 11.5. The molecule has 2 aromatic carbocycles. The molecule has 0 aliphatic heterocycles. The van der Waals surface area contributed by atoms with Crippen LogP contribution in [0.3, 0.4) is 0 Å². The molecule has 0 N–H and O–H groups in total. The van der Waals surface area contributed by atoms with Crippen molar-refractivity contribution in [2.45, 2.75) is 33.9 Å². The Balaban J connectivity index is 1.84. The fraction of sp³-hybridized carbons (Fsp3) is 0.333. The van der Waals surface area contributed by atoms with E-state index in [9.17, 15) is 4.39 Å². The summed E-state index contributed by atoms with van der Waals surface area (Å²) < 4.78 is 18.8. The van der Waals surface area contributed by atoms with Crippen LogP contribution in [-0.4, -0.2) is 18.5 Å². The lowest BCUT2D eigenvalue weighted by molar-refractivity contribution is 0.304. The molecule has 0 radical (unpaired) electrons. The smallest absolute Gasteiger partial charge is 0.123 e. The van der Waals surface area contributed by atoms with Gasteiger partial charge < -0.3 is 4.74 Å². The summed E-state index contributed by atoms with van der Waals surface area (Å²) in [6, 6.07) is 14.4. The van der Waals surface area contributed by atoms with Crippen LogP contribution in [-0.2, 0) is 13.2 Å². The Labute approximate surface area is 162 Å². The van der Waals surface area contributed by atoms with Crippen LogP contribution in [0, 0.1) is 23.1 Å². The minimum Gasteiger partial charge on any atom is -0.489 e. The molecule has 2 nitrogen and oxygen atoms in total. The van der Waals surface area contributed by atoms with Crippen LogP contribution in [0.25, 0.3) is 0 Å². The molecule has 27 heavy (non-hydrogen) atoms. The number of allylic oxidation sites excluding steroid dienone is 1. The fourth-order valence-corrected chi connectivity index (χ4v) is 2.41. The molecule has 142 valence electrons. The van der Waals surface area contributed by atoms with Gasteiger partial charge in [0.15, 0.2) is 0 Å². The van der Waals surface area contributed by atoms with Gasteiger partial charge in [0.25, 0.3) is 0 Å². The van der Waals surface area contributed by atoms with Crippen molar-refractivity contribution in [3.05, 3.63) is 77.6 Å². The zero-order valence-corrected chi connectivity index (χ0v) is 16.6. The predicted octanol–water partition coefficient (Wildman–Crippen LogP) is 5.44. The second kappa shape index (κ2) is 9.94. The van der Waals surface area contributed by atoms with Crippen molar-refractivity contribution in [3.63, 3.8) is 0 Å². The standard InChI is InChI=1S/C24H28FNO/c1-24(2,3)15-6-5-7-16-26(4)18-21-9-8-10-23(17-21)27-19-20-11-13-22(25)14-12-20/h5,7-14,17H,16,18-19H2,1-4H3/b7-5-. The molecule has 0 unspecified atom stereocenters. The quantitative estimate of drug-likeness (QED) is 0.606. The summed E-state index contributed by atoms with van der Waals surface area (Å²) in [4.78, 5) is 2.22. The molecule has 2 rings (SSSR count). The molecule has 0 aliphatic rings. The Bertz CT molecular complexity index is 807. The Hall–Kier alpha value is -2.57. The highest BCUT2D eigenvalue weighted by molar-refractivity contribution is 5.29. The van der Waals surface area contributed by atoms with Crippen LogP contribution in [0.5, 0.6) is 5.75 Å². The molecular weight excluding hydrogens is 337 g/mol. The summed E-state index contributed by atoms with van der Waals surface area (Å²) in [6.07, 6.45) is 4.00. The van der Waals surface area contributed by atoms with E-state index in [0.717, 1.165) is 24.4 Å². The van der Waals surface area contributed by atoms with Gasteiger partial charge in [-0.05, 0) is 69.3 Å². The number of hydrogen-bond acceptors (Lipinski definition) is 2. The number of ether oxygens (including phenoxy) is 1. The minimum atomic E-state index is -0.234. The van der Waals surface area contributed by atoms with Gasteiger partial charge in [-0.3, -0.25) is 4.90 Å². The van der Waals surface area contributed by atoms with Crippen LogP contribution in [0.1, 0.15) is 31.9 Å². The molecule has 0 saturated heterocycles. The molecule has 0 amide bonds. The molecular formula is C24H28FNO. The molecule has 0 saturated carbocycles. The number of halogens is 1. The van der Waals surface area contributed by atoms with E-state index in [1.165, 1.54) is 17.7 Å². The van der Waals surface area contributed by atoms with Crippen LogP contribution < -0.4 is 4.74 Å². The SMILES string of the molecule is CN(C/C=C\C#CC(C)(C)C)Cc1cccc(OCc2ccc(F)cc2)c1. The van der Waals surface area contributed by atoms with E-state index in [0.29, 0.717) is 6.61 Å².